The van der Waals surface area contributed by atoms with E-state index in [1.165, 1.54) is 13.0 Å². The van der Waals surface area contributed by atoms with Crippen molar-refractivity contribution in [2.45, 2.75) is 40.2 Å². The molecule has 1 rings (SSSR count). The summed E-state index contributed by atoms with van der Waals surface area (Å²) in [5.74, 6) is 0. The van der Waals surface area contributed by atoms with Crippen LogP contribution in [-0.2, 0) is 0 Å². The van der Waals surface area contributed by atoms with Crippen LogP contribution in [0.1, 0.15) is 34.1 Å². The van der Waals surface area contributed by atoms with E-state index in [1.54, 1.807) is 0 Å². The van der Waals surface area contributed by atoms with Gasteiger partial charge in [0.05, 0.1) is 0 Å². The van der Waals surface area contributed by atoms with E-state index in [1.807, 2.05) is 20.9 Å². The van der Waals surface area contributed by atoms with E-state index >= 15 is 0 Å². The largest absolute Gasteiger partial charge is 0.318 e. The third-order valence-electron chi connectivity index (χ3n) is 2.51. The molecule has 0 spiro atoms. The van der Waals surface area contributed by atoms with Crippen molar-refractivity contribution in [1.29, 1.82) is 0 Å². The van der Waals surface area contributed by atoms with Crippen LogP contribution in [0.2, 0.25) is 0 Å². The Bertz CT molecular complexity index is 110. The normalized spacial score (nSPS) is 26.2. The molecule has 2 N–H and O–H groups in total. The van der Waals surface area contributed by atoms with Crippen LogP contribution in [0.15, 0.2) is 0 Å². The van der Waals surface area contributed by atoms with Crippen molar-refractivity contribution >= 4 is 0 Å². The second kappa shape index (κ2) is 5.55. The van der Waals surface area contributed by atoms with E-state index in [4.69, 9.17) is 0 Å². The third-order valence-corrected chi connectivity index (χ3v) is 2.51. The summed E-state index contributed by atoms with van der Waals surface area (Å²) in [5.41, 5.74) is 0.489. The van der Waals surface area contributed by atoms with Gasteiger partial charge in [-0.15, -0.1) is 0 Å². The zero-order valence-electron chi connectivity index (χ0n) is 9.20. The molecule has 12 heavy (non-hydrogen) atoms. The average Bonchev–Trinajstić information content (AvgIpc) is 2.36. The molecule has 1 aliphatic rings. The number of nitrogens with one attached hydrogen (secondary N) is 2. The molecule has 0 amide bonds. The summed E-state index contributed by atoms with van der Waals surface area (Å²) >= 11 is 0. The molecule has 0 bridgehead atoms. The number of hydrogen-bond acceptors (Lipinski definition) is 2. The number of likely N-dealkylation sites (N-methyl/N-ethyl adjacent to an activating group) is 1. The van der Waals surface area contributed by atoms with Gasteiger partial charge in [-0.25, -0.2) is 0 Å². The lowest BCUT2D eigenvalue weighted by atomic mass is 9.85. The highest BCUT2D eigenvalue weighted by Crippen LogP contribution is 2.28. The highest BCUT2D eigenvalue weighted by Gasteiger charge is 2.33. The summed E-state index contributed by atoms with van der Waals surface area (Å²) in [5, 5.41) is 6.69. The molecule has 0 aliphatic carbocycles. The molecule has 0 radical (unpaired) electrons. The van der Waals surface area contributed by atoms with Crippen LogP contribution in [0.4, 0.5) is 0 Å². The van der Waals surface area contributed by atoms with E-state index in [9.17, 15) is 0 Å². The molecule has 74 valence electrons. The summed E-state index contributed by atoms with van der Waals surface area (Å²) < 4.78 is 0. The lowest BCUT2D eigenvalue weighted by Gasteiger charge is -2.25. The van der Waals surface area contributed by atoms with Gasteiger partial charge in [0.1, 0.15) is 0 Å². The van der Waals surface area contributed by atoms with Gasteiger partial charge >= 0.3 is 0 Å². The molecule has 0 aromatic heterocycles. The summed E-state index contributed by atoms with van der Waals surface area (Å²) in [7, 11) is 2.01. The van der Waals surface area contributed by atoms with E-state index in [0.29, 0.717) is 11.5 Å². The lowest BCUT2D eigenvalue weighted by Crippen LogP contribution is -2.40. The highest BCUT2D eigenvalue weighted by molar-refractivity contribution is 4.91. The van der Waals surface area contributed by atoms with Crippen molar-refractivity contribution in [2.75, 3.05) is 20.1 Å². The third kappa shape index (κ3) is 3.11. The van der Waals surface area contributed by atoms with Crippen molar-refractivity contribution < 1.29 is 0 Å². The topological polar surface area (TPSA) is 24.1 Å². The van der Waals surface area contributed by atoms with E-state index in [2.05, 4.69) is 24.5 Å². The van der Waals surface area contributed by atoms with Gasteiger partial charge in [0.2, 0.25) is 0 Å². The minimum absolute atomic E-state index is 0.489. The maximum absolute atomic E-state index is 3.49. The van der Waals surface area contributed by atoms with Crippen LogP contribution in [0.5, 0.6) is 0 Å². The van der Waals surface area contributed by atoms with Gasteiger partial charge in [-0.3, -0.25) is 0 Å². The summed E-state index contributed by atoms with van der Waals surface area (Å²) in [6, 6.07) is 0.664. The van der Waals surface area contributed by atoms with Gasteiger partial charge < -0.3 is 10.6 Å². The summed E-state index contributed by atoms with van der Waals surface area (Å²) in [6.07, 6.45) is 1.30. The minimum Gasteiger partial charge on any atom is -0.318 e. The molecule has 1 saturated heterocycles. The molecule has 2 nitrogen and oxygen atoms in total. The number of rotatable bonds is 2. The SMILES string of the molecule is CC.CNCC1NCCC1(C)C. The average molecular weight is 172 g/mol. The standard InChI is InChI=1S/C8H18N2.C2H6/c1-8(2)4-5-10-7(8)6-9-3;1-2/h7,9-10H,4-6H2,1-3H3;1-2H3. The Balaban J connectivity index is 0.000000561. The predicted molar refractivity (Wildman–Crippen MR) is 55.5 cm³/mol. The van der Waals surface area contributed by atoms with Crippen molar-refractivity contribution in [2.24, 2.45) is 5.41 Å². The molecule has 1 fully saturated rings. The molecule has 0 aromatic carbocycles. The zero-order chi connectivity index (χ0) is 9.61. The Kier molecular flexibility index (Phi) is 5.51. The van der Waals surface area contributed by atoms with Crippen LogP contribution in [0.3, 0.4) is 0 Å². The first-order valence-electron chi connectivity index (χ1n) is 5.05. The smallest absolute Gasteiger partial charge is 0.0243 e. The minimum atomic E-state index is 0.489. The van der Waals surface area contributed by atoms with Crippen molar-refractivity contribution in [3.8, 4) is 0 Å². The van der Waals surface area contributed by atoms with Gasteiger partial charge in [0, 0.05) is 12.6 Å². The van der Waals surface area contributed by atoms with Crippen molar-refractivity contribution in [3.63, 3.8) is 0 Å². The lowest BCUT2D eigenvalue weighted by molar-refractivity contribution is 0.308. The van der Waals surface area contributed by atoms with Crippen molar-refractivity contribution in [1.82, 2.24) is 10.6 Å². The maximum atomic E-state index is 3.49. The second-order valence-corrected chi connectivity index (χ2v) is 3.80. The van der Waals surface area contributed by atoms with Crippen LogP contribution in [0.25, 0.3) is 0 Å². The van der Waals surface area contributed by atoms with E-state index < -0.39 is 0 Å². The predicted octanol–water partition coefficient (Wildman–Crippen LogP) is 1.62. The van der Waals surface area contributed by atoms with E-state index in [-0.39, 0.29) is 0 Å². The van der Waals surface area contributed by atoms with Crippen molar-refractivity contribution in [3.05, 3.63) is 0 Å². The fraction of sp³-hybridized carbons (Fsp3) is 1.00. The first kappa shape index (κ1) is 11.9. The monoisotopic (exact) mass is 172 g/mol. The summed E-state index contributed by atoms with van der Waals surface area (Å²) in [6.45, 7) is 10.9. The Morgan fingerprint density at radius 1 is 1.42 bits per heavy atom. The van der Waals surface area contributed by atoms with Gasteiger partial charge in [-0.1, -0.05) is 27.7 Å². The van der Waals surface area contributed by atoms with Crippen LogP contribution in [-0.4, -0.2) is 26.2 Å². The first-order chi connectivity index (χ1) is 5.67. The molecule has 0 aromatic rings. The van der Waals surface area contributed by atoms with Gasteiger partial charge in [0.15, 0.2) is 0 Å². The first-order valence-corrected chi connectivity index (χ1v) is 5.05. The number of hydrogen-bond donors (Lipinski definition) is 2. The fourth-order valence-electron chi connectivity index (χ4n) is 1.57. The molecule has 1 heterocycles. The Hall–Kier alpha value is -0.0800. The molecular weight excluding hydrogens is 148 g/mol. The summed E-state index contributed by atoms with van der Waals surface area (Å²) in [4.78, 5) is 0. The molecular formula is C10H24N2. The second-order valence-electron chi connectivity index (χ2n) is 3.80. The van der Waals surface area contributed by atoms with Gasteiger partial charge in [0.25, 0.3) is 0 Å². The maximum Gasteiger partial charge on any atom is 0.0243 e. The molecule has 0 saturated carbocycles. The quantitative estimate of drug-likeness (QED) is 0.661. The Labute approximate surface area is 77.1 Å². The molecule has 2 heteroatoms. The molecule has 1 atom stereocenters. The fourth-order valence-corrected chi connectivity index (χ4v) is 1.57. The van der Waals surface area contributed by atoms with Crippen LogP contribution < -0.4 is 10.6 Å². The van der Waals surface area contributed by atoms with Crippen LogP contribution >= 0.6 is 0 Å². The highest BCUT2D eigenvalue weighted by atomic mass is 15.0. The van der Waals surface area contributed by atoms with Gasteiger partial charge in [-0.2, -0.15) is 0 Å². The van der Waals surface area contributed by atoms with Crippen LogP contribution in [0, 0.1) is 5.41 Å². The Morgan fingerprint density at radius 2 is 2.00 bits per heavy atom. The Morgan fingerprint density at radius 3 is 2.33 bits per heavy atom. The molecule has 1 aliphatic heterocycles. The molecule has 1 unspecified atom stereocenters. The van der Waals surface area contributed by atoms with E-state index in [0.717, 1.165) is 6.54 Å². The zero-order valence-corrected chi connectivity index (χ0v) is 9.20. The van der Waals surface area contributed by atoms with Gasteiger partial charge in [-0.05, 0) is 25.4 Å².